The summed E-state index contributed by atoms with van der Waals surface area (Å²) in [6.07, 6.45) is 1.63. The van der Waals surface area contributed by atoms with Crippen LogP contribution in [0, 0.1) is 17.0 Å². The number of hydrogen-bond acceptors (Lipinski definition) is 7. The third-order valence-corrected chi connectivity index (χ3v) is 6.24. The van der Waals surface area contributed by atoms with Crippen molar-refractivity contribution < 1.29 is 14.5 Å². The molecule has 0 spiro atoms. The van der Waals surface area contributed by atoms with Crippen LogP contribution in [0.2, 0.25) is 5.02 Å². The second-order valence-electron chi connectivity index (χ2n) is 7.65. The number of nitrogens with one attached hydrogen (secondary N) is 1. The number of anilines is 1. The lowest BCUT2D eigenvalue weighted by molar-refractivity contribution is -0.384. The predicted octanol–water partition coefficient (Wildman–Crippen LogP) is 5.35. The summed E-state index contributed by atoms with van der Waals surface area (Å²) >= 11 is 7.12. The first kappa shape index (κ1) is 25.3. The third kappa shape index (κ3) is 6.58. The van der Waals surface area contributed by atoms with Gasteiger partial charge in [0.25, 0.3) is 11.6 Å². The first-order valence-electron chi connectivity index (χ1n) is 10.7. The molecule has 0 fully saturated rings. The molecule has 1 heterocycles. The number of amides is 2. The lowest BCUT2D eigenvalue weighted by atomic mass is 10.1. The molecular weight excluding hydrogens is 478 g/mol. The quantitative estimate of drug-likeness (QED) is 0.295. The molecule has 0 radical (unpaired) electrons. The van der Waals surface area contributed by atoms with E-state index < -0.39 is 10.8 Å². The van der Waals surface area contributed by atoms with Crippen LogP contribution < -0.4 is 5.32 Å². The number of unbranched alkanes of at least 4 members (excludes halogenated alkanes) is 1. The second kappa shape index (κ2) is 11.7. The predicted molar refractivity (Wildman–Crippen MR) is 132 cm³/mol. The standard InChI is InChI=1S/C23H24ClN5O4S/c1-3-4-12-28(22(31)17-9-10-18(24)19(14-17)29(32)33)13-11-20(30)25-23-27-26-21(34-23)16-7-5-15(2)6-8-16/h5-10,14H,3-4,11-13H2,1-2H3,(H,25,27,30). The molecular formula is C23H24ClN5O4S. The van der Waals surface area contributed by atoms with Crippen molar-refractivity contribution in [1.29, 1.82) is 0 Å². The van der Waals surface area contributed by atoms with Crippen LogP contribution in [-0.4, -0.2) is 44.9 Å². The van der Waals surface area contributed by atoms with Crippen LogP contribution >= 0.6 is 22.9 Å². The van der Waals surface area contributed by atoms with Crippen molar-refractivity contribution in [2.24, 2.45) is 0 Å². The number of carbonyl (C=O) groups is 2. The molecule has 0 aliphatic rings. The summed E-state index contributed by atoms with van der Waals surface area (Å²) in [5, 5.41) is 23.1. The minimum atomic E-state index is -0.629. The van der Waals surface area contributed by atoms with Crippen LogP contribution in [0.1, 0.15) is 42.1 Å². The Balaban J connectivity index is 1.64. The minimum absolute atomic E-state index is 0.0388. The van der Waals surface area contributed by atoms with Crippen LogP contribution in [0.4, 0.5) is 10.8 Å². The Bertz CT molecular complexity index is 1180. The van der Waals surface area contributed by atoms with Crippen LogP contribution in [0.25, 0.3) is 10.6 Å². The molecule has 0 bridgehead atoms. The second-order valence-corrected chi connectivity index (χ2v) is 9.03. The molecule has 178 valence electrons. The highest BCUT2D eigenvalue weighted by atomic mass is 35.5. The molecule has 2 aromatic carbocycles. The molecule has 1 N–H and O–H groups in total. The molecule has 0 saturated carbocycles. The minimum Gasteiger partial charge on any atom is -0.338 e. The molecule has 0 atom stereocenters. The van der Waals surface area contributed by atoms with E-state index in [2.05, 4.69) is 15.5 Å². The van der Waals surface area contributed by atoms with Gasteiger partial charge in [0.2, 0.25) is 11.0 Å². The van der Waals surface area contributed by atoms with Crippen molar-refractivity contribution in [3.8, 4) is 10.6 Å². The average molecular weight is 502 g/mol. The summed E-state index contributed by atoms with van der Waals surface area (Å²) in [5.41, 5.74) is 1.87. The maximum Gasteiger partial charge on any atom is 0.288 e. The third-order valence-electron chi connectivity index (χ3n) is 5.04. The van der Waals surface area contributed by atoms with E-state index in [-0.39, 0.29) is 35.1 Å². The number of carbonyl (C=O) groups excluding carboxylic acids is 2. The van der Waals surface area contributed by atoms with Crippen molar-refractivity contribution in [1.82, 2.24) is 15.1 Å². The Labute approximate surface area is 205 Å². The van der Waals surface area contributed by atoms with E-state index in [1.165, 1.54) is 28.4 Å². The number of halogens is 1. The van der Waals surface area contributed by atoms with Crippen LogP contribution in [0.3, 0.4) is 0 Å². The van der Waals surface area contributed by atoms with Gasteiger partial charge >= 0.3 is 0 Å². The zero-order chi connectivity index (χ0) is 24.7. The summed E-state index contributed by atoms with van der Waals surface area (Å²) in [6, 6.07) is 11.8. The summed E-state index contributed by atoms with van der Waals surface area (Å²) in [4.78, 5) is 37.6. The topological polar surface area (TPSA) is 118 Å². The van der Waals surface area contributed by atoms with Crippen molar-refractivity contribution in [3.05, 3.63) is 68.7 Å². The van der Waals surface area contributed by atoms with E-state index in [0.29, 0.717) is 16.7 Å². The molecule has 0 aliphatic heterocycles. The van der Waals surface area contributed by atoms with Crippen LogP contribution in [0.5, 0.6) is 0 Å². The Morgan fingerprint density at radius 2 is 1.88 bits per heavy atom. The van der Waals surface area contributed by atoms with Gasteiger partial charge in [-0.15, -0.1) is 10.2 Å². The van der Waals surface area contributed by atoms with Gasteiger partial charge < -0.3 is 10.2 Å². The van der Waals surface area contributed by atoms with Gasteiger partial charge in [-0.1, -0.05) is 66.1 Å². The Morgan fingerprint density at radius 1 is 1.15 bits per heavy atom. The van der Waals surface area contributed by atoms with E-state index in [4.69, 9.17) is 11.6 Å². The fourth-order valence-corrected chi connectivity index (χ4v) is 4.09. The molecule has 1 aromatic heterocycles. The van der Waals surface area contributed by atoms with E-state index in [1.807, 2.05) is 38.1 Å². The average Bonchev–Trinajstić information content (AvgIpc) is 3.27. The van der Waals surface area contributed by atoms with E-state index in [9.17, 15) is 19.7 Å². The fourth-order valence-electron chi connectivity index (χ4n) is 3.14. The smallest absolute Gasteiger partial charge is 0.288 e. The number of aromatic nitrogens is 2. The molecule has 0 aliphatic carbocycles. The number of nitro groups is 1. The maximum atomic E-state index is 13.0. The van der Waals surface area contributed by atoms with Gasteiger partial charge in [0, 0.05) is 36.7 Å². The highest BCUT2D eigenvalue weighted by Gasteiger charge is 2.21. The Morgan fingerprint density at radius 3 is 2.56 bits per heavy atom. The molecule has 0 unspecified atom stereocenters. The van der Waals surface area contributed by atoms with Crippen LogP contribution in [0.15, 0.2) is 42.5 Å². The monoisotopic (exact) mass is 501 g/mol. The lowest BCUT2D eigenvalue weighted by Crippen LogP contribution is -2.34. The SMILES string of the molecule is CCCCN(CCC(=O)Nc1nnc(-c2ccc(C)cc2)s1)C(=O)c1ccc(Cl)c([N+](=O)[O-])c1. The largest absolute Gasteiger partial charge is 0.338 e. The highest BCUT2D eigenvalue weighted by Crippen LogP contribution is 2.27. The van der Waals surface area contributed by atoms with Crippen molar-refractivity contribution in [2.45, 2.75) is 33.1 Å². The summed E-state index contributed by atoms with van der Waals surface area (Å²) < 4.78 is 0. The van der Waals surface area contributed by atoms with Crippen LogP contribution in [-0.2, 0) is 4.79 Å². The number of hydrogen-bond donors (Lipinski definition) is 1. The van der Waals surface area contributed by atoms with Crippen molar-refractivity contribution in [2.75, 3.05) is 18.4 Å². The number of rotatable bonds is 10. The van der Waals surface area contributed by atoms with Gasteiger partial charge in [-0.2, -0.15) is 0 Å². The molecule has 3 rings (SSSR count). The van der Waals surface area contributed by atoms with E-state index in [0.717, 1.165) is 30.0 Å². The number of aryl methyl sites for hydroxylation is 1. The molecule has 3 aromatic rings. The number of nitrogens with zero attached hydrogens (tertiary/aromatic N) is 4. The van der Waals surface area contributed by atoms with Crippen molar-refractivity contribution in [3.63, 3.8) is 0 Å². The van der Waals surface area contributed by atoms with Gasteiger partial charge in [0.05, 0.1) is 4.92 Å². The summed E-state index contributed by atoms with van der Waals surface area (Å²) in [7, 11) is 0. The van der Waals surface area contributed by atoms with Gasteiger partial charge in [0.1, 0.15) is 10.0 Å². The van der Waals surface area contributed by atoms with E-state index in [1.54, 1.807) is 0 Å². The Hall–Kier alpha value is -3.37. The molecule has 9 nitrogen and oxygen atoms in total. The highest BCUT2D eigenvalue weighted by molar-refractivity contribution is 7.18. The van der Waals surface area contributed by atoms with Gasteiger partial charge in [-0.05, 0) is 25.5 Å². The zero-order valence-corrected chi connectivity index (χ0v) is 20.4. The lowest BCUT2D eigenvalue weighted by Gasteiger charge is -2.22. The summed E-state index contributed by atoms with van der Waals surface area (Å²) in [6.45, 7) is 4.57. The van der Waals surface area contributed by atoms with E-state index >= 15 is 0 Å². The number of nitro benzene ring substituents is 1. The van der Waals surface area contributed by atoms with Gasteiger partial charge in [-0.25, -0.2) is 0 Å². The maximum absolute atomic E-state index is 13.0. The first-order valence-corrected chi connectivity index (χ1v) is 11.9. The molecule has 2 amide bonds. The fraction of sp³-hybridized carbons (Fsp3) is 0.304. The number of benzene rings is 2. The molecule has 34 heavy (non-hydrogen) atoms. The molecule has 0 saturated heterocycles. The normalized spacial score (nSPS) is 10.7. The summed E-state index contributed by atoms with van der Waals surface area (Å²) in [5.74, 6) is -0.693. The van der Waals surface area contributed by atoms with Gasteiger partial charge in [0.15, 0.2) is 0 Å². The Kier molecular flexibility index (Phi) is 8.67. The molecule has 11 heteroatoms. The van der Waals surface area contributed by atoms with Gasteiger partial charge in [-0.3, -0.25) is 19.7 Å². The van der Waals surface area contributed by atoms with Crippen molar-refractivity contribution >= 4 is 45.6 Å². The first-order chi connectivity index (χ1) is 16.3. The zero-order valence-electron chi connectivity index (χ0n) is 18.8.